The van der Waals surface area contributed by atoms with Crippen LogP contribution in [0, 0.1) is 0 Å². The lowest BCUT2D eigenvalue weighted by Crippen LogP contribution is -2.44. The van der Waals surface area contributed by atoms with Gasteiger partial charge in [0.25, 0.3) is 0 Å². The van der Waals surface area contributed by atoms with Crippen molar-refractivity contribution in [1.29, 1.82) is 0 Å². The van der Waals surface area contributed by atoms with E-state index in [1.807, 2.05) is 0 Å². The van der Waals surface area contributed by atoms with Gasteiger partial charge in [0.1, 0.15) is 0 Å². The molecule has 0 radical (unpaired) electrons. The number of methoxy groups -OCH3 is 2. The number of sulfonamides is 1. The molecule has 0 saturated heterocycles. The van der Waals surface area contributed by atoms with Gasteiger partial charge >= 0.3 is 0 Å². The van der Waals surface area contributed by atoms with Crippen molar-refractivity contribution < 1.29 is 22.4 Å². The minimum atomic E-state index is -3.70. The van der Waals surface area contributed by atoms with Gasteiger partial charge in [-0.3, -0.25) is 0 Å². The van der Waals surface area contributed by atoms with Gasteiger partial charge < -0.3 is 19.7 Å². The Hall–Kier alpha value is -1.88. The fourth-order valence-corrected chi connectivity index (χ4v) is 3.75. The Kier molecular flexibility index (Phi) is 6.68. The van der Waals surface area contributed by atoms with Crippen LogP contribution in [0.4, 0.5) is 0 Å². The molecule has 1 saturated carbocycles. The Morgan fingerprint density at radius 3 is 2.56 bits per heavy atom. The number of benzene rings is 1. The first kappa shape index (κ1) is 21.4. The molecular formula is C16H23ClN4O5S. The van der Waals surface area contributed by atoms with Crippen LogP contribution >= 0.6 is 12.4 Å². The molecule has 1 fully saturated rings. The number of halogens is 1. The van der Waals surface area contributed by atoms with Crippen LogP contribution < -0.4 is 19.9 Å². The van der Waals surface area contributed by atoms with Gasteiger partial charge in [0.15, 0.2) is 17.3 Å². The fourth-order valence-electron chi connectivity index (χ4n) is 2.70. The summed E-state index contributed by atoms with van der Waals surface area (Å²) in [5.74, 6) is 1.63. The summed E-state index contributed by atoms with van der Waals surface area (Å²) in [6, 6.07) is 4.39. The van der Waals surface area contributed by atoms with Gasteiger partial charge in [0, 0.05) is 19.0 Å². The van der Waals surface area contributed by atoms with Crippen LogP contribution in [0.25, 0.3) is 0 Å². The highest BCUT2D eigenvalue weighted by Gasteiger charge is 2.38. The second kappa shape index (κ2) is 8.42. The summed E-state index contributed by atoms with van der Waals surface area (Å²) in [4.78, 5) is 4.35. The summed E-state index contributed by atoms with van der Waals surface area (Å²) < 4.78 is 42.7. The number of nitrogens with one attached hydrogen (secondary N) is 1. The van der Waals surface area contributed by atoms with E-state index in [4.69, 9.17) is 19.7 Å². The third-order valence-electron chi connectivity index (χ3n) is 4.46. The fraction of sp³-hybridized carbons (Fsp3) is 0.500. The van der Waals surface area contributed by atoms with Crippen LogP contribution in [0.1, 0.15) is 31.0 Å². The van der Waals surface area contributed by atoms with Crippen molar-refractivity contribution in [2.75, 3.05) is 20.8 Å². The highest BCUT2D eigenvalue weighted by atomic mass is 35.5. The summed E-state index contributed by atoms with van der Waals surface area (Å²) in [7, 11) is -0.773. The van der Waals surface area contributed by atoms with Crippen LogP contribution in [0.5, 0.6) is 11.5 Å². The largest absolute Gasteiger partial charge is 0.493 e. The lowest BCUT2D eigenvalue weighted by Gasteiger charge is -2.34. The zero-order valence-electron chi connectivity index (χ0n) is 15.1. The van der Waals surface area contributed by atoms with Crippen LogP contribution in [-0.2, 0) is 22.0 Å². The van der Waals surface area contributed by atoms with Crippen molar-refractivity contribution in [3.8, 4) is 11.5 Å². The molecule has 0 aliphatic heterocycles. The molecule has 1 aromatic carbocycles. The van der Waals surface area contributed by atoms with Crippen molar-refractivity contribution in [3.05, 3.63) is 29.9 Å². The predicted molar refractivity (Wildman–Crippen MR) is 99.7 cm³/mol. The second-order valence-electron chi connectivity index (χ2n) is 6.19. The average Bonchev–Trinajstić information content (AvgIpc) is 3.08. The Balaban J connectivity index is 0.00000261. The van der Waals surface area contributed by atoms with Crippen LogP contribution in [-0.4, -0.2) is 39.3 Å². The molecule has 0 unspecified atom stereocenters. The molecule has 3 rings (SSSR count). The highest BCUT2D eigenvalue weighted by molar-refractivity contribution is 7.89. The van der Waals surface area contributed by atoms with E-state index < -0.39 is 15.6 Å². The van der Waals surface area contributed by atoms with E-state index >= 15 is 0 Å². The molecule has 3 N–H and O–H groups in total. The molecule has 0 bridgehead atoms. The molecule has 0 spiro atoms. The lowest BCUT2D eigenvalue weighted by molar-refractivity contribution is 0.229. The number of hydrogen-bond acceptors (Lipinski definition) is 8. The molecule has 2 aromatic rings. The third-order valence-corrected chi connectivity index (χ3v) is 5.91. The summed E-state index contributed by atoms with van der Waals surface area (Å²) >= 11 is 0. The molecule has 27 heavy (non-hydrogen) atoms. The van der Waals surface area contributed by atoms with Gasteiger partial charge in [-0.05, 0) is 31.4 Å². The summed E-state index contributed by atoms with van der Waals surface area (Å²) in [5.41, 5.74) is 5.64. The van der Waals surface area contributed by atoms with E-state index in [1.54, 1.807) is 0 Å². The van der Waals surface area contributed by atoms with Gasteiger partial charge in [0.05, 0.1) is 24.7 Å². The molecule has 9 nitrogen and oxygen atoms in total. The average molecular weight is 419 g/mol. The van der Waals surface area contributed by atoms with E-state index in [9.17, 15) is 8.42 Å². The second-order valence-corrected chi connectivity index (χ2v) is 7.95. The Labute approximate surface area is 164 Å². The number of nitrogens with zero attached hydrogens (tertiary/aromatic N) is 2. The van der Waals surface area contributed by atoms with E-state index in [0.29, 0.717) is 23.2 Å². The Morgan fingerprint density at radius 2 is 1.96 bits per heavy atom. The Morgan fingerprint density at radius 1 is 1.26 bits per heavy atom. The molecule has 0 amide bonds. The van der Waals surface area contributed by atoms with E-state index in [-0.39, 0.29) is 30.3 Å². The first-order valence-corrected chi connectivity index (χ1v) is 9.70. The maximum absolute atomic E-state index is 12.4. The third kappa shape index (κ3) is 4.52. The number of aromatic nitrogens is 2. The lowest BCUT2D eigenvalue weighted by atomic mass is 9.77. The van der Waals surface area contributed by atoms with Crippen molar-refractivity contribution in [2.45, 2.75) is 36.1 Å². The van der Waals surface area contributed by atoms with E-state index in [0.717, 1.165) is 19.3 Å². The maximum atomic E-state index is 12.4. The Bertz CT molecular complexity index is 883. The molecular weight excluding hydrogens is 396 g/mol. The van der Waals surface area contributed by atoms with E-state index in [1.165, 1.54) is 32.4 Å². The van der Waals surface area contributed by atoms with Crippen molar-refractivity contribution >= 4 is 22.4 Å². The number of rotatable bonds is 8. The number of ether oxygens (including phenoxy) is 2. The van der Waals surface area contributed by atoms with Crippen molar-refractivity contribution in [1.82, 2.24) is 14.9 Å². The zero-order chi connectivity index (χ0) is 18.8. The van der Waals surface area contributed by atoms with Crippen LogP contribution in [0.15, 0.2) is 27.6 Å². The first-order chi connectivity index (χ1) is 12.4. The molecule has 0 atom stereocenters. The summed E-state index contributed by atoms with van der Waals surface area (Å²) in [6.45, 7) is 0.121. The van der Waals surface area contributed by atoms with Gasteiger partial charge in [-0.1, -0.05) is 5.16 Å². The van der Waals surface area contributed by atoms with Gasteiger partial charge in [-0.2, -0.15) is 4.98 Å². The zero-order valence-corrected chi connectivity index (χ0v) is 16.7. The number of hydrogen-bond donors (Lipinski definition) is 2. The highest BCUT2D eigenvalue weighted by Crippen LogP contribution is 2.36. The maximum Gasteiger partial charge on any atom is 0.240 e. The van der Waals surface area contributed by atoms with E-state index in [2.05, 4.69) is 14.9 Å². The van der Waals surface area contributed by atoms with Crippen molar-refractivity contribution in [2.24, 2.45) is 5.73 Å². The molecule has 11 heteroatoms. The molecule has 1 aromatic heterocycles. The molecule has 1 aliphatic rings. The van der Waals surface area contributed by atoms with Crippen LogP contribution in [0.3, 0.4) is 0 Å². The normalized spacial score (nSPS) is 15.5. The quantitative estimate of drug-likeness (QED) is 0.657. The topological polar surface area (TPSA) is 130 Å². The predicted octanol–water partition coefficient (Wildman–Crippen LogP) is 1.37. The number of nitrogens with two attached hydrogens (primary N) is 1. The van der Waals surface area contributed by atoms with Crippen molar-refractivity contribution in [3.63, 3.8) is 0 Å². The molecule has 150 valence electrons. The monoisotopic (exact) mass is 418 g/mol. The van der Waals surface area contributed by atoms with Gasteiger partial charge in [-0.25, -0.2) is 13.1 Å². The SMILES string of the molecule is COc1ccc(S(=O)(=O)NCCc2nc(C3(N)CCC3)no2)cc1OC.Cl. The smallest absolute Gasteiger partial charge is 0.240 e. The minimum absolute atomic E-state index is 0. The van der Waals surface area contributed by atoms with Gasteiger partial charge in [-0.15, -0.1) is 12.4 Å². The summed E-state index contributed by atoms with van der Waals surface area (Å²) in [6.07, 6.45) is 2.98. The minimum Gasteiger partial charge on any atom is -0.493 e. The van der Waals surface area contributed by atoms with Gasteiger partial charge in [0.2, 0.25) is 15.9 Å². The molecule has 1 aliphatic carbocycles. The van der Waals surface area contributed by atoms with Crippen LogP contribution in [0.2, 0.25) is 0 Å². The standard InChI is InChI=1S/C16H22N4O5S.ClH/c1-23-12-5-4-11(10-13(12)24-2)26(21,22)18-9-6-14-19-15(20-25-14)16(17)7-3-8-16;/h4-5,10,18H,3,6-9,17H2,1-2H3;1H. The first-order valence-electron chi connectivity index (χ1n) is 8.21. The summed E-state index contributed by atoms with van der Waals surface area (Å²) in [5, 5.41) is 3.91. The molecule has 1 heterocycles.